The number of rotatable bonds is 5. The first kappa shape index (κ1) is 21.1. The van der Waals surface area contributed by atoms with E-state index in [0.29, 0.717) is 12.0 Å². The average Bonchev–Trinajstić information content (AvgIpc) is 2.87. The van der Waals surface area contributed by atoms with Crippen LogP contribution in [0.3, 0.4) is 0 Å². The summed E-state index contributed by atoms with van der Waals surface area (Å²) in [5.41, 5.74) is 2.74. The minimum atomic E-state index is -0.598. The Balaban J connectivity index is 2.35. The molecule has 6 heteroatoms. The Kier molecular flexibility index (Phi) is 7.56. The molecule has 0 unspecified atom stereocenters. The molecule has 0 aromatic carbocycles. The van der Waals surface area contributed by atoms with Gasteiger partial charge in [-0.3, -0.25) is 0 Å². The topological polar surface area (TPSA) is 82.1 Å². The number of allylic oxidation sites excluding steroid dienone is 2. The van der Waals surface area contributed by atoms with Crippen molar-refractivity contribution in [1.82, 2.24) is 0 Å². The summed E-state index contributed by atoms with van der Waals surface area (Å²) in [7, 11) is 1.46. The van der Waals surface area contributed by atoms with Crippen LogP contribution in [0.4, 0.5) is 0 Å². The zero-order chi connectivity index (χ0) is 20.0. The monoisotopic (exact) mass is 376 g/mol. The Morgan fingerprint density at radius 1 is 1.41 bits per heavy atom. The van der Waals surface area contributed by atoms with Crippen molar-refractivity contribution < 1.29 is 28.9 Å². The maximum atomic E-state index is 12.6. The molecule has 0 bridgehead atoms. The summed E-state index contributed by atoms with van der Waals surface area (Å²) < 4.78 is 16.3. The molecule has 1 aliphatic heterocycles. The van der Waals surface area contributed by atoms with Crippen LogP contribution in [-0.4, -0.2) is 49.6 Å². The number of hydrogen-bond donors (Lipinski definition) is 1. The Hall–Kier alpha value is -2.18. The molecule has 27 heavy (non-hydrogen) atoms. The lowest BCUT2D eigenvalue weighted by Gasteiger charge is -2.27. The van der Waals surface area contributed by atoms with Crippen molar-refractivity contribution in [3.63, 3.8) is 0 Å². The SMILES string of the molecule is C=C1C(=O)O[C@H]2/C=C(\C)CC/C=C(/C)C[C@@H](OC(=O)/C(=C/CO)COC)[C@@H]12. The van der Waals surface area contributed by atoms with Crippen molar-refractivity contribution in [3.8, 4) is 0 Å². The fraction of sp³-hybridized carbons (Fsp3) is 0.524. The molecule has 2 rings (SSSR count). The summed E-state index contributed by atoms with van der Waals surface area (Å²) >= 11 is 0. The van der Waals surface area contributed by atoms with E-state index in [1.807, 2.05) is 19.9 Å². The smallest absolute Gasteiger partial charge is 0.336 e. The summed E-state index contributed by atoms with van der Waals surface area (Å²) in [4.78, 5) is 24.7. The van der Waals surface area contributed by atoms with E-state index >= 15 is 0 Å². The minimum absolute atomic E-state index is 0.0322. The van der Waals surface area contributed by atoms with E-state index in [1.165, 1.54) is 13.2 Å². The van der Waals surface area contributed by atoms with Crippen LogP contribution in [0.15, 0.2) is 47.1 Å². The van der Waals surface area contributed by atoms with Crippen molar-refractivity contribution in [2.45, 2.75) is 45.3 Å². The number of carbonyl (C=O) groups is 2. The van der Waals surface area contributed by atoms with Crippen molar-refractivity contribution in [2.24, 2.45) is 5.92 Å². The van der Waals surface area contributed by atoms with E-state index in [-0.39, 0.29) is 18.8 Å². The molecular formula is C21H28O6. The first-order valence-electron chi connectivity index (χ1n) is 9.09. The number of aliphatic hydroxyl groups excluding tert-OH is 1. The summed E-state index contributed by atoms with van der Waals surface area (Å²) in [6, 6.07) is 0. The lowest BCUT2D eigenvalue weighted by molar-refractivity contribution is -0.147. The molecule has 148 valence electrons. The van der Waals surface area contributed by atoms with Gasteiger partial charge in [0.25, 0.3) is 0 Å². The fourth-order valence-corrected chi connectivity index (χ4v) is 3.41. The van der Waals surface area contributed by atoms with E-state index in [0.717, 1.165) is 24.0 Å². The molecule has 0 saturated carbocycles. The van der Waals surface area contributed by atoms with Crippen molar-refractivity contribution >= 4 is 11.9 Å². The van der Waals surface area contributed by atoms with Crippen LogP contribution in [0, 0.1) is 5.92 Å². The van der Waals surface area contributed by atoms with Gasteiger partial charge >= 0.3 is 11.9 Å². The summed E-state index contributed by atoms with van der Waals surface area (Å²) in [5.74, 6) is -1.48. The van der Waals surface area contributed by atoms with Gasteiger partial charge in [0, 0.05) is 19.1 Å². The average molecular weight is 376 g/mol. The van der Waals surface area contributed by atoms with Gasteiger partial charge in [0.05, 0.1) is 24.7 Å². The molecule has 1 fully saturated rings. The van der Waals surface area contributed by atoms with Crippen LogP contribution in [0.1, 0.15) is 33.1 Å². The maximum absolute atomic E-state index is 12.6. The summed E-state index contributed by atoms with van der Waals surface area (Å²) in [5, 5.41) is 9.13. The molecule has 1 heterocycles. The van der Waals surface area contributed by atoms with Gasteiger partial charge in [0.1, 0.15) is 12.2 Å². The van der Waals surface area contributed by atoms with Crippen LogP contribution < -0.4 is 0 Å². The number of ether oxygens (including phenoxy) is 3. The number of hydrogen-bond acceptors (Lipinski definition) is 6. The van der Waals surface area contributed by atoms with E-state index in [2.05, 4.69) is 12.7 Å². The normalized spacial score (nSPS) is 30.5. The van der Waals surface area contributed by atoms with Crippen LogP contribution in [0.25, 0.3) is 0 Å². The highest BCUT2D eigenvalue weighted by atomic mass is 16.6. The zero-order valence-corrected chi connectivity index (χ0v) is 16.2. The molecule has 3 atom stereocenters. The molecule has 1 aliphatic carbocycles. The number of esters is 2. The second kappa shape index (κ2) is 9.67. The third-order valence-electron chi connectivity index (χ3n) is 4.82. The lowest BCUT2D eigenvalue weighted by atomic mass is 9.85. The largest absolute Gasteiger partial charge is 0.458 e. The lowest BCUT2D eigenvalue weighted by Crippen LogP contribution is -2.34. The fourth-order valence-electron chi connectivity index (χ4n) is 3.41. The Bertz CT molecular complexity index is 685. The third kappa shape index (κ3) is 5.40. The van der Waals surface area contributed by atoms with Gasteiger partial charge in [0.2, 0.25) is 0 Å². The molecule has 0 aromatic heterocycles. The second-order valence-electron chi connectivity index (χ2n) is 7.02. The number of methoxy groups -OCH3 is 1. The molecule has 1 N–H and O–H groups in total. The molecule has 6 nitrogen and oxygen atoms in total. The highest BCUT2D eigenvalue weighted by Gasteiger charge is 2.44. The van der Waals surface area contributed by atoms with Crippen LogP contribution in [0.5, 0.6) is 0 Å². The van der Waals surface area contributed by atoms with Crippen molar-refractivity contribution in [1.29, 1.82) is 0 Å². The van der Waals surface area contributed by atoms with Gasteiger partial charge in [-0.25, -0.2) is 9.59 Å². The molecule has 1 saturated heterocycles. The first-order chi connectivity index (χ1) is 12.9. The number of carbonyl (C=O) groups excluding carboxylic acids is 2. The predicted octanol–water partition coefficient (Wildman–Crippen LogP) is 2.64. The highest BCUT2D eigenvalue weighted by molar-refractivity contribution is 5.92. The Morgan fingerprint density at radius 2 is 2.15 bits per heavy atom. The van der Waals surface area contributed by atoms with Gasteiger partial charge in [-0.2, -0.15) is 0 Å². The van der Waals surface area contributed by atoms with E-state index in [1.54, 1.807) is 0 Å². The van der Waals surface area contributed by atoms with Gasteiger partial charge in [-0.1, -0.05) is 23.8 Å². The summed E-state index contributed by atoms with van der Waals surface area (Å²) in [6.45, 7) is 7.60. The van der Waals surface area contributed by atoms with E-state index in [9.17, 15) is 9.59 Å². The van der Waals surface area contributed by atoms with Gasteiger partial charge in [-0.05, 0) is 38.8 Å². The maximum Gasteiger partial charge on any atom is 0.336 e. The van der Waals surface area contributed by atoms with Gasteiger partial charge < -0.3 is 19.3 Å². The molecular weight excluding hydrogens is 348 g/mol. The number of fused-ring (bicyclic) bond motifs is 1. The molecule has 0 radical (unpaired) electrons. The van der Waals surface area contributed by atoms with Gasteiger partial charge in [-0.15, -0.1) is 0 Å². The predicted molar refractivity (Wildman–Crippen MR) is 101 cm³/mol. The first-order valence-corrected chi connectivity index (χ1v) is 9.09. The third-order valence-corrected chi connectivity index (χ3v) is 4.82. The number of aliphatic hydroxyl groups is 1. The highest BCUT2D eigenvalue weighted by Crippen LogP contribution is 2.36. The second-order valence-corrected chi connectivity index (χ2v) is 7.02. The van der Waals surface area contributed by atoms with Crippen LogP contribution >= 0.6 is 0 Å². The molecule has 0 spiro atoms. The minimum Gasteiger partial charge on any atom is -0.458 e. The van der Waals surface area contributed by atoms with Crippen LogP contribution in [-0.2, 0) is 23.8 Å². The summed E-state index contributed by atoms with van der Waals surface area (Å²) in [6.07, 6.45) is 6.55. The Morgan fingerprint density at radius 3 is 2.81 bits per heavy atom. The Labute approximate surface area is 160 Å². The van der Waals surface area contributed by atoms with E-state index in [4.69, 9.17) is 19.3 Å². The van der Waals surface area contributed by atoms with Crippen LogP contribution in [0.2, 0.25) is 0 Å². The van der Waals surface area contributed by atoms with E-state index < -0.39 is 30.1 Å². The molecule has 0 amide bonds. The zero-order valence-electron chi connectivity index (χ0n) is 16.2. The van der Waals surface area contributed by atoms with Crippen molar-refractivity contribution in [3.05, 3.63) is 47.1 Å². The standard InChI is InChI=1S/C21H28O6/c1-13-6-5-7-14(2)11-18(19-15(3)20(23)26-17(19)10-13)27-21(24)16(8-9-22)12-25-4/h7-8,10,17-19,22H,3,5-6,9,11-12H2,1-2,4H3/b13-10+,14-7-,16-8+/t17-,18+,19-/m0/s1. The van der Waals surface area contributed by atoms with Crippen molar-refractivity contribution in [2.75, 3.05) is 20.3 Å². The van der Waals surface area contributed by atoms with Gasteiger partial charge in [0.15, 0.2) is 0 Å². The molecule has 0 aromatic rings. The quantitative estimate of drug-likeness (QED) is 0.451. The molecule has 2 aliphatic rings.